The number of phenolic OH excluding ortho intramolecular Hbond substituents is 1. The lowest BCUT2D eigenvalue weighted by Gasteiger charge is -2.11. The lowest BCUT2D eigenvalue weighted by Crippen LogP contribution is -2.09. The molecule has 0 aliphatic heterocycles. The van der Waals surface area contributed by atoms with Gasteiger partial charge in [-0.3, -0.25) is 0 Å². The van der Waals surface area contributed by atoms with Crippen molar-refractivity contribution in [3.05, 3.63) is 17.7 Å². The summed E-state index contributed by atoms with van der Waals surface area (Å²) in [6, 6.07) is 2.62. The summed E-state index contributed by atoms with van der Waals surface area (Å²) >= 11 is 0. The molecule has 0 heterocycles. The summed E-state index contributed by atoms with van der Waals surface area (Å²) in [7, 11) is 1.54. The predicted molar refractivity (Wildman–Crippen MR) is 65.8 cm³/mol. The number of rotatable bonds is 6. The lowest BCUT2D eigenvalue weighted by molar-refractivity contribution is 0.0527. The maximum Gasteiger partial charge on any atom is 0.340 e. The Balaban J connectivity index is 2.86. The highest BCUT2D eigenvalue weighted by Gasteiger charge is 2.15. The first-order valence-electron chi connectivity index (χ1n) is 5.51. The molecule has 1 aromatic carbocycles. The van der Waals surface area contributed by atoms with E-state index >= 15 is 0 Å². The van der Waals surface area contributed by atoms with Crippen molar-refractivity contribution >= 4 is 11.7 Å². The first kappa shape index (κ1) is 14.1. The number of nitrogens with two attached hydrogens (primary N) is 1. The minimum atomic E-state index is -0.575. The minimum Gasteiger partial charge on any atom is -0.504 e. The number of hydrogen-bond donors (Lipinski definition) is 2. The number of esters is 1. The molecule has 0 fully saturated rings. The molecule has 6 nitrogen and oxygen atoms in total. The Morgan fingerprint density at radius 3 is 2.72 bits per heavy atom. The highest BCUT2D eigenvalue weighted by Crippen LogP contribution is 2.31. The van der Waals surface area contributed by atoms with Gasteiger partial charge in [-0.05, 0) is 6.92 Å². The number of methoxy groups -OCH3 is 1. The third kappa shape index (κ3) is 3.53. The third-order valence-corrected chi connectivity index (χ3v) is 2.17. The molecule has 0 unspecified atom stereocenters. The largest absolute Gasteiger partial charge is 0.504 e. The molecule has 0 saturated heterocycles. The Labute approximate surface area is 105 Å². The number of carbonyl (C=O) groups is 1. The molecule has 0 atom stereocenters. The van der Waals surface area contributed by atoms with Gasteiger partial charge >= 0.3 is 5.97 Å². The third-order valence-electron chi connectivity index (χ3n) is 2.17. The average Bonchev–Trinajstić information content (AvgIpc) is 2.33. The van der Waals surface area contributed by atoms with E-state index in [0.717, 1.165) is 0 Å². The van der Waals surface area contributed by atoms with Gasteiger partial charge in [0, 0.05) is 19.2 Å². The minimum absolute atomic E-state index is 0.119. The van der Waals surface area contributed by atoms with Crippen LogP contribution in [0.1, 0.15) is 17.3 Å². The van der Waals surface area contributed by atoms with Crippen LogP contribution < -0.4 is 10.5 Å². The van der Waals surface area contributed by atoms with Gasteiger partial charge in [-0.1, -0.05) is 0 Å². The summed E-state index contributed by atoms with van der Waals surface area (Å²) in [5.41, 5.74) is 6.01. The number of nitrogen functional groups attached to an aromatic ring is 1. The van der Waals surface area contributed by atoms with Crippen LogP contribution in [0.15, 0.2) is 12.1 Å². The van der Waals surface area contributed by atoms with Crippen molar-refractivity contribution in [3.8, 4) is 11.5 Å². The summed E-state index contributed by atoms with van der Waals surface area (Å²) in [5.74, 6) is -0.533. The van der Waals surface area contributed by atoms with Gasteiger partial charge in [-0.15, -0.1) is 0 Å². The normalized spacial score (nSPS) is 10.1. The van der Waals surface area contributed by atoms with E-state index in [4.69, 9.17) is 19.9 Å². The molecule has 0 aliphatic rings. The molecule has 0 aliphatic carbocycles. The van der Waals surface area contributed by atoms with E-state index in [9.17, 15) is 9.90 Å². The van der Waals surface area contributed by atoms with Crippen molar-refractivity contribution in [3.63, 3.8) is 0 Å². The van der Waals surface area contributed by atoms with Crippen molar-refractivity contribution in [1.29, 1.82) is 0 Å². The fourth-order valence-electron chi connectivity index (χ4n) is 1.32. The number of aromatic hydroxyl groups is 1. The molecule has 18 heavy (non-hydrogen) atoms. The second-order valence-corrected chi connectivity index (χ2v) is 3.47. The number of hydrogen-bond acceptors (Lipinski definition) is 6. The van der Waals surface area contributed by atoms with Gasteiger partial charge in [0.05, 0.1) is 24.5 Å². The van der Waals surface area contributed by atoms with Crippen molar-refractivity contribution in [1.82, 2.24) is 0 Å². The zero-order valence-corrected chi connectivity index (χ0v) is 10.4. The first-order chi connectivity index (χ1) is 8.60. The van der Waals surface area contributed by atoms with E-state index in [0.29, 0.717) is 6.61 Å². The molecule has 0 aromatic heterocycles. The molecular weight excluding hydrogens is 238 g/mol. The highest BCUT2D eigenvalue weighted by atomic mass is 16.5. The van der Waals surface area contributed by atoms with Crippen LogP contribution in [-0.2, 0) is 9.47 Å². The van der Waals surface area contributed by atoms with Gasteiger partial charge in [0.15, 0.2) is 11.5 Å². The summed E-state index contributed by atoms with van der Waals surface area (Å²) in [6.07, 6.45) is 0. The van der Waals surface area contributed by atoms with Gasteiger partial charge in [0.2, 0.25) is 0 Å². The van der Waals surface area contributed by atoms with Gasteiger partial charge in [0.1, 0.15) is 6.61 Å². The maximum atomic E-state index is 11.5. The number of benzene rings is 1. The molecule has 6 heteroatoms. The molecule has 3 N–H and O–H groups in total. The molecule has 100 valence electrons. The molecule has 1 rings (SSSR count). The Bertz CT molecular complexity index is 419. The molecule has 0 bridgehead atoms. The van der Waals surface area contributed by atoms with E-state index in [1.54, 1.807) is 14.0 Å². The number of carbonyl (C=O) groups excluding carboxylic acids is 1. The first-order valence-corrected chi connectivity index (χ1v) is 5.51. The standard InChI is InChI=1S/C12H17NO5/c1-3-17-12(15)8-6-10(14)11(7-9(8)13)18-5-4-16-2/h6-7,14H,3-5,13H2,1-2H3. The predicted octanol–water partition coefficient (Wildman–Crippen LogP) is 1.18. The van der Waals surface area contributed by atoms with Crippen molar-refractivity contribution in [2.45, 2.75) is 6.92 Å². The maximum absolute atomic E-state index is 11.5. The number of phenols is 1. The van der Waals surface area contributed by atoms with Crippen molar-refractivity contribution in [2.75, 3.05) is 32.7 Å². The number of anilines is 1. The van der Waals surface area contributed by atoms with Gasteiger partial charge in [-0.25, -0.2) is 4.79 Å². The summed E-state index contributed by atoms with van der Waals surface area (Å²) in [6.45, 7) is 2.60. The van der Waals surface area contributed by atoms with Crippen LogP contribution in [0, 0.1) is 0 Å². The zero-order valence-electron chi connectivity index (χ0n) is 10.4. The van der Waals surface area contributed by atoms with E-state index in [2.05, 4.69) is 0 Å². The fraction of sp³-hybridized carbons (Fsp3) is 0.417. The Morgan fingerprint density at radius 1 is 1.39 bits per heavy atom. The molecular formula is C12H17NO5. The SMILES string of the molecule is CCOC(=O)c1cc(O)c(OCCOC)cc1N. The van der Waals surface area contributed by atoms with E-state index in [-0.39, 0.29) is 36.0 Å². The van der Waals surface area contributed by atoms with Crippen LogP contribution >= 0.6 is 0 Å². The Kier molecular flexibility index (Phi) is 5.26. The van der Waals surface area contributed by atoms with E-state index in [1.807, 2.05) is 0 Å². The van der Waals surface area contributed by atoms with Crippen LogP contribution in [-0.4, -0.2) is 38.0 Å². The quantitative estimate of drug-likeness (QED) is 0.343. The summed E-state index contributed by atoms with van der Waals surface area (Å²) in [4.78, 5) is 11.5. The average molecular weight is 255 g/mol. The molecule has 0 amide bonds. The van der Waals surface area contributed by atoms with Crippen molar-refractivity contribution < 1.29 is 24.1 Å². The molecule has 0 radical (unpaired) electrons. The molecule has 0 saturated carbocycles. The lowest BCUT2D eigenvalue weighted by atomic mass is 10.1. The van der Waals surface area contributed by atoms with Gasteiger partial charge in [0.25, 0.3) is 0 Å². The summed E-state index contributed by atoms with van der Waals surface area (Å²) in [5, 5.41) is 9.70. The van der Waals surface area contributed by atoms with Crippen LogP contribution in [0.25, 0.3) is 0 Å². The summed E-state index contributed by atoms with van der Waals surface area (Å²) < 4.78 is 14.9. The van der Waals surface area contributed by atoms with Crippen LogP contribution in [0.2, 0.25) is 0 Å². The van der Waals surface area contributed by atoms with Crippen LogP contribution in [0.4, 0.5) is 5.69 Å². The molecule has 0 spiro atoms. The van der Waals surface area contributed by atoms with E-state index < -0.39 is 5.97 Å². The van der Waals surface area contributed by atoms with Gasteiger partial charge < -0.3 is 25.1 Å². The monoisotopic (exact) mass is 255 g/mol. The van der Waals surface area contributed by atoms with Gasteiger partial charge in [-0.2, -0.15) is 0 Å². The van der Waals surface area contributed by atoms with Crippen LogP contribution in [0.3, 0.4) is 0 Å². The smallest absolute Gasteiger partial charge is 0.340 e. The second-order valence-electron chi connectivity index (χ2n) is 3.47. The Hall–Kier alpha value is -1.95. The van der Waals surface area contributed by atoms with Crippen LogP contribution in [0.5, 0.6) is 11.5 Å². The topological polar surface area (TPSA) is 91.0 Å². The van der Waals surface area contributed by atoms with Crippen molar-refractivity contribution in [2.24, 2.45) is 0 Å². The number of ether oxygens (including phenoxy) is 3. The fourth-order valence-corrected chi connectivity index (χ4v) is 1.32. The Morgan fingerprint density at radius 2 is 2.11 bits per heavy atom. The highest BCUT2D eigenvalue weighted by molar-refractivity contribution is 5.96. The van der Waals surface area contributed by atoms with E-state index in [1.165, 1.54) is 12.1 Å². The molecule has 1 aromatic rings. The zero-order chi connectivity index (χ0) is 13.5. The second kappa shape index (κ2) is 6.70.